The van der Waals surface area contributed by atoms with Crippen molar-refractivity contribution in [3.8, 4) is 10.6 Å². The lowest BCUT2D eigenvalue weighted by Crippen LogP contribution is -2.36. The summed E-state index contributed by atoms with van der Waals surface area (Å²) in [6, 6.07) is 5.50. The maximum atomic E-state index is 12.1. The average Bonchev–Trinajstić information content (AvgIpc) is 3.16. The van der Waals surface area contributed by atoms with E-state index in [4.69, 9.17) is 4.52 Å². The van der Waals surface area contributed by atoms with E-state index in [9.17, 15) is 9.90 Å². The highest BCUT2D eigenvalue weighted by molar-refractivity contribution is 7.13. The summed E-state index contributed by atoms with van der Waals surface area (Å²) in [4.78, 5) is 13.0. The fourth-order valence-corrected chi connectivity index (χ4v) is 3.33. The maximum Gasteiger partial charge on any atom is 0.273 e. The summed E-state index contributed by atoms with van der Waals surface area (Å²) in [6.45, 7) is 0.487. The maximum absolute atomic E-state index is 12.1. The van der Waals surface area contributed by atoms with Crippen LogP contribution < -0.4 is 5.32 Å². The molecule has 3 rings (SSSR count). The van der Waals surface area contributed by atoms with Crippen molar-refractivity contribution >= 4 is 17.2 Å². The minimum absolute atomic E-state index is 0.145. The first-order valence-electron chi connectivity index (χ1n) is 7.21. The molecule has 0 saturated heterocycles. The summed E-state index contributed by atoms with van der Waals surface area (Å²) in [5.41, 5.74) is 0.281. The van der Waals surface area contributed by atoms with Gasteiger partial charge in [-0.05, 0) is 24.3 Å². The number of rotatable bonds is 4. The van der Waals surface area contributed by atoms with Gasteiger partial charge in [0.1, 0.15) is 0 Å². The molecule has 1 amide bonds. The van der Waals surface area contributed by atoms with E-state index in [1.807, 2.05) is 17.5 Å². The summed E-state index contributed by atoms with van der Waals surface area (Å²) in [6.07, 6.45) is 3.66. The van der Waals surface area contributed by atoms with E-state index in [0.717, 1.165) is 30.6 Å². The molecule has 0 bridgehead atoms. The molecule has 0 aliphatic heterocycles. The zero-order chi connectivity index (χ0) is 14.7. The Morgan fingerprint density at radius 1 is 1.48 bits per heavy atom. The van der Waals surface area contributed by atoms with Crippen LogP contribution in [0.1, 0.15) is 36.2 Å². The molecule has 6 heteroatoms. The highest BCUT2D eigenvalue weighted by Crippen LogP contribution is 2.26. The van der Waals surface area contributed by atoms with E-state index in [1.165, 1.54) is 11.3 Å². The van der Waals surface area contributed by atoms with E-state index in [2.05, 4.69) is 10.5 Å². The molecule has 0 aromatic carbocycles. The third-order valence-electron chi connectivity index (χ3n) is 3.90. The van der Waals surface area contributed by atoms with E-state index in [0.29, 0.717) is 12.3 Å². The van der Waals surface area contributed by atoms with Crippen molar-refractivity contribution in [3.05, 3.63) is 29.3 Å². The number of nitrogens with zero attached hydrogens (tertiary/aromatic N) is 1. The van der Waals surface area contributed by atoms with Crippen LogP contribution in [-0.4, -0.2) is 28.8 Å². The van der Waals surface area contributed by atoms with E-state index in [1.54, 1.807) is 6.07 Å². The van der Waals surface area contributed by atoms with Gasteiger partial charge in [0.15, 0.2) is 11.5 Å². The molecule has 21 heavy (non-hydrogen) atoms. The van der Waals surface area contributed by atoms with Crippen molar-refractivity contribution in [1.29, 1.82) is 0 Å². The van der Waals surface area contributed by atoms with Crippen molar-refractivity contribution in [3.63, 3.8) is 0 Å². The van der Waals surface area contributed by atoms with Gasteiger partial charge in [0.25, 0.3) is 5.91 Å². The Morgan fingerprint density at radius 2 is 2.33 bits per heavy atom. The van der Waals surface area contributed by atoms with Crippen LogP contribution in [-0.2, 0) is 0 Å². The molecule has 0 spiro atoms. The first kappa shape index (κ1) is 14.3. The average molecular weight is 306 g/mol. The normalized spacial score (nSPS) is 22.1. The first-order valence-corrected chi connectivity index (χ1v) is 8.09. The number of aliphatic hydroxyl groups is 1. The molecular weight excluding hydrogens is 288 g/mol. The van der Waals surface area contributed by atoms with Gasteiger partial charge in [-0.15, -0.1) is 11.3 Å². The largest absolute Gasteiger partial charge is 0.393 e. The number of aromatic nitrogens is 1. The Labute approximate surface area is 127 Å². The number of carbonyl (C=O) groups excluding carboxylic acids is 1. The highest BCUT2D eigenvalue weighted by Gasteiger charge is 2.24. The third-order valence-corrected chi connectivity index (χ3v) is 4.79. The van der Waals surface area contributed by atoms with Gasteiger partial charge in [-0.3, -0.25) is 4.79 Å². The number of carbonyl (C=O) groups is 1. The van der Waals surface area contributed by atoms with Gasteiger partial charge in [0.05, 0.1) is 11.0 Å². The Bertz CT molecular complexity index is 594. The fraction of sp³-hybridized carbons (Fsp3) is 0.467. The number of hydrogen-bond donors (Lipinski definition) is 2. The molecule has 2 unspecified atom stereocenters. The van der Waals surface area contributed by atoms with E-state index < -0.39 is 0 Å². The van der Waals surface area contributed by atoms with Crippen molar-refractivity contribution in [2.75, 3.05) is 6.54 Å². The van der Waals surface area contributed by atoms with Crippen LogP contribution in [0, 0.1) is 5.92 Å². The van der Waals surface area contributed by atoms with Crippen molar-refractivity contribution < 1.29 is 14.4 Å². The molecule has 2 aromatic rings. The number of thiophene rings is 1. The Balaban J connectivity index is 1.58. The van der Waals surface area contributed by atoms with Crippen LogP contribution in [0.2, 0.25) is 0 Å². The van der Waals surface area contributed by atoms with Crippen LogP contribution in [0.5, 0.6) is 0 Å². The van der Waals surface area contributed by atoms with Gasteiger partial charge in [-0.1, -0.05) is 24.1 Å². The molecule has 1 aliphatic carbocycles. The second-order valence-corrected chi connectivity index (χ2v) is 6.32. The molecule has 1 aliphatic rings. The molecule has 0 radical (unpaired) electrons. The topological polar surface area (TPSA) is 75.4 Å². The molecule has 112 valence electrons. The lowest BCUT2D eigenvalue weighted by molar-refractivity contribution is 0.0661. The highest BCUT2D eigenvalue weighted by atomic mass is 32.1. The second kappa shape index (κ2) is 6.41. The van der Waals surface area contributed by atoms with Gasteiger partial charge < -0.3 is 14.9 Å². The summed E-state index contributed by atoms with van der Waals surface area (Å²) in [5.74, 6) is 0.499. The Hall–Kier alpha value is -1.66. The molecule has 2 atom stereocenters. The van der Waals surface area contributed by atoms with Gasteiger partial charge in [-0.2, -0.15) is 0 Å². The summed E-state index contributed by atoms with van der Waals surface area (Å²) in [5, 5.41) is 18.5. The van der Waals surface area contributed by atoms with Crippen LogP contribution in [0.4, 0.5) is 0 Å². The molecular formula is C15H18N2O3S. The molecule has 5 nitrogen and oxygen atoms in total. The molecule has 1 saturated carbocycles. The predicted molar refractivity (Wildman–Crippen MR) is 80.1 cm³/mol. The summed E-state index contributed by atoms with van der Waals surface area (Å²) >= 11 is 1.54. The lowest BCUT2D eigenvalue weighted by atomic mass is 9.86. The number of nitrogens with one attached hydrogen (secondary N) is 1. The third kappa shape index (κ3) is 3.33. The minimum Gasteiger partial charge on any atom is -0.393 e. The smallest absolute Gasteiger partial charge is 0.273 e. The number of amides is 1. The zero-order valence-corrected chi connectivity index (χ0v) is 12.4. The van der Waals surface area contributed by atoms with Crippen LogP contribution in [0.25, 0.3) is 10.6 Å². The SMILES string of the molecule is O=C(NCC1CCCCC1O)c1cc(-c2cccs2)on1. The van der Waals surface area contributed by atoms with Gasteiger partial charge >= 0.3 is 0 Å². The number of hydrogen-bond acceptors (Lipinski definition) is 5. The van der Waals surface area contributed by atoms with Crippen molar-refractivity contribution in [2.24, 2.45) is 5.92 Å². The van der Waals surface area contributed by atoms with Crippen molar-refractivity contribution in [2.45, 2.75) is 31.8 Å². The van der Waals surface area contributed by atoms with Crippen LogP contribution in [0.15, 0.2) is 28.1 Å². The standard InChI is InChI=1S/C15H18N2O3S/c18-12-5-2-1-4-10(12)9-16-15(19)11-8-13(20-17-11)14-6-3-7-21-14/h3,6-8,10,12,18H,1-2,4-5,9H2,(H,16,19). The quantitative estimate of drug-likeness (QED) is 0.910. The number of aliphatic hydroxyl groups excluding tert-OH is 1. The van der Waals surface area contributed by atoms with Gasteiger partial charge in [-0.25, -0.2) is 0 Å². The molecule has 2 N–H and O–H groups in total. The zero-order valence-electron chi connectivity index (χ0n) is 11.6. The van der Waals surface area contributed by atoms with Crippen molar-refractivity contribution in [1.82, 2.24) is 10.5 Å². The minimum atomic E-state index is -0.307. The fourth-order valence-electron chi connectivity index (χ4n) is 2.66. The monoisotopic (exact) mass is 306 g/mol. The van der Waals surface area contributed by atoms with E-state index in [-0.39, 0.29) is 23.6 Å². The van der Waals surface area contributed by atoms with Crippen LogP contribution in [0.3, 0.4) is 0 Å². The van der Waals surface area contributed by atoms with Gasteiger partial charge in [0, 0.05) is 18.5 Å². The second-order valence-electron chi connectivity index (χ2n) is 5.38. The lowest BCUT2D eigenvalue weighted by Gasteiger charge is -2.27. The van der Waals surface area contributed by atoms with Gasteiger partial charge in [0.2, 0.25) is 0 Å². The Morgan fingerprint density at radius 3 is 3.10 bits per heavy atom. The van der Waals surface area contributed by atoms with E-state index >= 15 is 0 Å². The molecule has 2 aromatic heterocycles. The van der Waals surface area contributed by atoms with Crippen LogP contribution >= 0.6 is 11.3 Å². The summed E-state index contributed by atoms with van der Waals surface area (Å²) < 4.78 is 5.19. The first-order chi connectivity index (χ1) is 10.2. The Kier molecular flexibility index (Phi) is 4.36. The molecule has 2 heterocycles. The summed E-state index contributed by atoms with van der Waals surface area (Å²) in [7, 11) is 0. The molecule has 1 fully saturated rings. The predicted octanol–water partition coefficient (Wildman–Crippen LogP) is 2.68.